The molecule has 0 spiro atoms. The van der Waals surface area contributed by atoms with Crippen LogP contribution in [-0.4, -0.2) is 37.6 Å². The van der Waals surface area contributed by atoms with E-state index in [-0.39, 0.29) is 5.78 Å². The predicted octanol–water partition coefficient (Wildman–Crippen LogP) is 2.43. The zero-order valence-corrected chi connectivity index (χ0v) is 11.0. The minimum atomic E-state index is 0.103. The Bertz CT molecular complexity index is 480. The van der Waals surface area contributed by atoms with Gasteiger partial charge in [0.15, 0.2) is 5.78 Å². The molecule has 2 rings (SSSR count). The highest BCUT2D eigenvalue weighted by atomic mass is 32.2. The fourth-order valence-corrected chi connectivity index (χ4v) is 2.73. The zero-order chi connectivity index (χ0) is 12.4. The van der Waals surface area contributed by atoms with E-state index >= 15 is 0 Å². The summed E-state index contributed by atoms with van der Waals surface area (Å²) in [6.45, 7) is 0. The third-order valence-corrected chi connectivity index (χ3v) is 3.64. The number of ketones is 1. The van der Waals surface area contributed by atoms with Crippen molar-refractivity contribution in [1.82, 2.24) is 4.90 Å². The van der Waals surface area contributed by atoms with Gasteiger partial charge in [0.2, 0.25) is 0 Å². The molecule has 17 heavy (non-hydrogen) atoms. The highest BCUT2D eigenvalue weighted by Gasteiger charge is 2.23. The molecule has 1 aliphatic rings. The summed E-state index contributed by atoms with van der Waals surface area (Å²) in [5.74, 6) is 1.56. The summed E-state index contributed by atoms with van der Waals surface area (Å²) in [4.78, 5) is 15.2. The molecule has 90 valence electrons. The van der Waals surface area contributed by atoms with Crippen molar-refractivity contribution in [2.24, 2.45) is 0 Å². The van der Waals surface area contributed by atoms with E-state index in [4.69, 9.17) is 4.74 Å². The fraction of sp³-hybridized carbons (Fsp3) is 0.308. The largest absolute Gasteiger partial charge is 0.497 e. The highest BCUT2D eigenvalue weighted by molar-refractivity contribution is 7.99. The molecule has 0 radical (unpaired) electrons. The van der Waals surface area contributed by atoms with E-state index in [1.807, 2.05) is 43.4 Å². The second-order valence-electron chi connectivity index (χ2n) is 4.10. The maximum Gasteiger partial charge on any atom is 0.192 e. The topological polar surface area (TPSA) is 29.5 Å². The monoisotopic (exact) mass is 249 g/mol. The molecule has 0 aliphatic carbocycles. The number of Topliss-reactive ketones (excluding diaryl/α,β-unsaturated/α-hetero) is 1. The summed E-state index contributed by atoms with van der Waals surface area (Å²) in [7, 11) is 5.46. The number of fused-ring (bicyclic) bond motifs is 1. The van der Waals surface area contributed by atoms with Crippen LogP contribution < -0.4 is 4.74 Å². The van der Waals surface area contributed by atoms with E-state index in [0.29, 0.717) is 0 Å². The SMILES string of the molecule is COc1ccc2c(c1)C(=O)C(=CN(C)C)CS2. The Morgan fingerprint density at radius 2 is 2.18 bits per heavy atom. The number of carbonyl (C=O) groups excluding carboxylic acids is 1. The number of ether oxygens (including phenoxy) is 1. The fourth-order valence-electron chi connectivity index (χ4n) is 1.74. The van der Waals surface area contributed by atoms with Crippen LogP contribution in [-0.2, 0) is 0 Å². The minimum Gasteiger partial charge on any atom is -0.497 e. The van der Waals surface area contributed by atoms with Crippen LogP contribution in [0, 0.1) is 0 Å². The minimum absolute atomic E-state index is 0.103. The lowest BCUT2D eigenvalue weighted by Crippen LogP contribution is -2.16. The Balaban J connectivity index is 2.40. The number of hydrogen-bond acceptors (Lipinski definition) is 4. The van der Waals surface area contributed by atoms with Crippen LogP contribution in [0.2, 0.25) is 0 Å². The summed E-state index contributed by atoms with van der Waals surface area (Å²) >= 11 is 1.69. The molecule has 0 saturated heterocycles. The molecule has 0 N–H and O–H groups in total. The highest BCUT2D eigenvalue weighted by Crippen LogP contribution is 2.34. The molecule has 1 aromatic carbocycles. The molecule has 0 amide bonds. The van der Waals surface area contributed by atoms with Gasteiger partial charge in [0, 0.05) is 42.1 Å². The van der Waals surface area contributed by atoms with Crippen molar-refractivity contribution in [3.05, 3.63) is 35.5 Å². The second kappa shape index (κ2) is 4.84. The average molecular weight is 249 g/mol. The summed E-state index contributed by atoms with van der Waals surface area (Å²) in [6, 6.07) is 5.65. The summed E-state index contributed by atoms with van der Waals surface area (Å²) < 4.78 is 5.15. The lowest BCUT2D eigenvalue weighted by Gasteiger charge is -2.19. The second-order valence-corrected chi connectivity index (χ2v) is 5.12. The van der Waals surface area contributed by atoms with Crippen LogP contribution in [0.5, 0.6) is 5.75 Å². The summed E-state index contributed by atoms with van der Waals surface area (Å²) in [6.07, 6.45) is 1.89. The molecule has 0 saturated carbocycles. The van der Waals surface area contributed by atoms with E-state index in [1.54, 1.807) is 18.9 Å². The Labute approximate surface area is 105 Å². The standard InChI is InChI=1S/C13H15NO2S/c1-14(2)7-9-8-17-12-5-4-10(16-3)6-11(12)13(9)15/h4-7H,8H2,1-3H3. The van der Waals surface area contributed by atoms with Crippen molar-refractivity contribution in [3.8, 4) is 5.75 Å². The van der Waals surface area contributed by atoms with Crippen LogP contribution >= 0.6 is 11.8 Å². The maximum absolute atomic E-state index is 12.3. The molecule has 1 aromatic rings. The number of benzene rings is 1. The van der Waals surface area contributed by atoms with Crippen molar-refractivity contribution in [3.63, 3.8) is 0 Å². The van der Waals surface area contributed by atoms with Crippen LogP contribution in [0.3, 0.4) is 0 Å². The Hall–Kier alpha value is -1.42. The molecule has 0 bridgehead atoms. The van der Waals surface area contributed by atoms with E-state index < -0.39 is 0 Å². The smallest absolute Gasteiger partial charge is 0.192 e. The van der Waals surface area contributed by atoms with Gasteiger partial charge in [-0.25, -0.2) is 0 Å². The Kier molecular flexibility index (Phi) is 3.43. The number of nitrogens with zero attached hydrogens (tertiary/aromatic N) is 1. The molecule has 0 atom stereocenters. The van der Waals surface area contributed by atoms with Crippen LogP contribution in [0.4, 0.5) is 0 Å². The zero-order valence-electron chi connectivity index (χ0n) is 10.2. The molecule has 0 aromatic heterocycles. The number of carbonyl (C=O) groups is 1. The lowest BCUT2D eigenvalue weighted by molar-refractivity contribution is 0.102. The van der Waals surface area contributed by atoms with Crippen LogP contribution in [0.1, 0.15) is 10.4 Å². The number of thioether (sulfide) groups is 1. The van der Waals surface area contributed by atoms with Gasteiger partial charge < -0.3 is 9.64 Å². The third-order valence-electron chi connectivity index (χ3n) is 2.52. The third kappa shape index (κ3) is 2.47. The van der Waals surface area contributed by atoms with Crippen molar-refractivity contribution in [2.45, 2.75) is 4.90 Å². The van der Waals surface area contributed by atoms with E-state index in [1.165, 1.54) is 0 Å². The first-order chi connectivity index (χ1) is 8.11. The van der Waals surface area contributed by atoms with Gasteiger partial charge in [0.25, 0.3) is 0 Å². The molecule has 0 unspecified atom stereocenters. The van der Waals surface area contributed by atoms with Crippen molar-refractivity contribution in [2.75, 3.05) is 27.0 Å². The number of methoxy groups -OCH3 is 1. The van der Waals surface area contributed by atoms with Gasteiger partial charge in [-0.3, -0.25) is 4.79 Å². The molecular weight excluding hydrogens is 234 g/mol. The molecule has 0 fully saturated rings. The van der Waals surface area contributed by atoms with Gasteiger partial charge in [0.1, 0.15) is 5.75 Å². The van der Waals surface area contributed by atoms with Crippen LogP contribution in [0.25, 0.3) is 0 Å². The summed E-state index contributed by atoms with van der Waals surface area (Å²) in [5, 5.41) is 0. The Morgan fingerprint density at radius 3 is 2.82 bits per heavy atom. The molecule has 1 heterocycles. The van der Waals surface area contributed by atoms with Gasteiger partial charge in [-0.05, 0) is 18.2 Å². The average Bonchev–Trinajstić information content (AvgIpc) is 2.32. The summed E-state index contributed by atoms with van der Waals surface area (Å²) in [5.41, 5.74) is 1.58. The maximum atomic E-state index is 12.3. The van der Waals surface area contributed by atoms with Gasteiger partial charge in [0.05, 0.1) is 7.11 Å². The van der Waals surface area contributed by atoms with Gasteiger partial charge in [-0.2, -0.15) is 0 Å². The molecule has 1 aliphatic heterocycles. The van der Waals surface area contributed by atoms with Crippen molar-refractivity contribution < 1.29 is 9.53 Å². The van der Waals surface area contributed by atoms with Crippen LogP contribution in [0.15, 0.2) is 34.9 Å². The van der Waals surface area contributed by atoms with Gasteiger partial charge in [-0.15, -0.1) is 11.8 Å². The number of rotatable bonds is 2. The van der Waals surface area contributed by atoms with E-state index in [0.717, 1.165) is 27.5 Å². The first-order valence-electron chi connectivity index (χ1n) is 5.34. The van der Waals surface area contributed by atoms with Gasteiger partial charge >= 0.3 is 0 Å². The number of hydrogen-bond donors (Lipinski definition) is 0. The first-order valence-corrected chi connectivity index (χ1v) is 6.33. The quantitative estimate of drug-likeness (QED) is 0.753. The van der Waals surface area contributed by atoms with Crippen molar-refractivity contribution >= 4 is 17.5 Å². The molecule has 4 heteroatoms. The molecule has 3 nitrogen and oxygen atoms in total. The van der Waals surface area contributed by atoms with E-state index in [9.17, 15) is 4.79 Å². The lowest BCUT2D eigenvalue weighted by atomic mass is 10.0. The van der Waals surface area contributed by atoms with Crippen molar-refractivity contribution in [1.29, 1.82) is 0 Å². The normalized spacial score (nSPS) is 16.9. The van der Waals surface area contributed by atoms with Gasteiger partial charge in [-0.1, -0.05) is 0 Å². The predicted molar refractivity (Wildman–Crippen MR) is 69.8 cm³/mol. The Morgan fingerprint density at radius 1 is 1.41 bits per heavy atom. The molecular formula is C13H15NO2S. The first kappa shape index (κ1) is 12.0. The van der Waals surface area contributed by atoms with E-state index in [2.05, 4.69) is 0 Å².